The predicted molar refractivity (Wildman–Crippen MR) is 67.1 cm³/mol. The van der Waals surface area contributed by atoms with Crippen LogP contribution in [0.5, 0.6) is 0 Å². The predicted octanol–water partition coefficient (Wildman–Crippen LogP) is 3.65. The molecule has 0 radical (unpaired) electrons. The highest BCUT2D eigenvalue weighted by atomic mass is 35.5. The van der Waals surface area contributed by atoms with Gasteiger partial charge in [-0.05, 0) is 24.7 Å². The smallest absolute Gasteiger partial charge is 0.192 e. The van der Waals surface area contributed by atoms with Crippen molar-refractivity contribution in [3.8, 4) is 11.8 Å². The quantitative estimate of drug-likeness (QED) is 0.410. The first-order chi connectivity index (χ1) is 7.44. The van der Waals surface area contributed by atoms with E-state index in [4.69, 9.17) is 46.4 Å². The largest absolute Gasteiger partial charge is 0.289 e. The monoisotopic (exact) mass is 296 g/mol. The second kappa shape index (κ2) is 4.10. The van der Waals surface area contributed by atoms with Crippen molar-refractivity contribution in [2.45, 2.75) is 29.0 Å². The Kier molecular flexibility index (Phi) is 3.23. The highest BCUT2D eigenvalue weighted by Gasteiger charge is 2.62. The van der Waals surface area contributed by atoms with Crippen molar-refractivity contribution in [2.24, 2.45) is 5.92 Å². The lowest BCUT2D eigenvalue weighted by Gasteiger charge is -2.28. The van der Waals surface area contributed by atoms with Crippen LogP contribution in [-0.2, 0) is 4.79 Å². The number of fused-ring (bicyclic) bond motifs is 2. The molecule has 0 saturated heterocycles. The molecule has 2 aliphatic carbocycles. The number of carbonyl (C=O) groups is 1. The molecule has 3 unspecified atom stereocenters. The summed E-state index contributed by atoms with van der Waals surface area (Å²) in [7, 11) is 0. The van der Waals surface area contributed by atoms with Gasteiger partial charge in [0.25, 0.3) is 0 Å². The second-order valence-corrected chi connectivity index (χ2v) is 6.33. The summed E-state index contributed by atoms with van der Waals surface area (Å²) < 4.78 is 0. The van der Waals surface area contributed by atoms with Crippen molar-refractivity contribution < 1.29 is 4.79 Å². The van der Waals surface area contributed by atoms with E-state index in [2.05, 4.69) is 11.8 Å². The molecule has 3 atom stereocenters. The molecule has 1 saturated carbocycles. The number of aldehydes is 1. The first kappa shape index (κ1) is 12.6. The Morgan fingerprint density at radius 3 is 2.56 bits per heavy atom. The normalized spacial score (nSPS) is 40.9. The molecule has 2 aliphatic rings. The van der Waals surface area contributed by atoms with Crippen LogP contribution in [0.2, 0.25) is 0 Å². The molecule has 1 fully saturated rings. The van der Waals surface area contributed by atoms with Crippen molar-refractivity contribution in [3.05, 3.63) is 10.1 Å². The van der Waals surface area contributed by atoms with E-state index < -0.39 is 9.75 Å². The number of rotatable bonds is 1. The lowest BCUT2D eigenvalue weighted by molar-refractivity contribution is -0.103. The number of allylic oxidation sites excluding steroid dienone is 2. The third-order valence-electron chi connectivity index (χ3n) is 3.21. The lowest BCUT2D eigenvalue weighted by Crippen LogP contribution is -2.27. The first-order valence-electron chi connectivity index (χ1n) is 4.80. The fourth-order valence-electron chi connectivity index (χ4n) is 2.44. The van der Waals surface area contributed by atoms with Gasteiger partial charge in [0.15, 0.2) is 6.29 Å². The molecule has 0 N–H and O–H groups in total. The van der Waals surface area contributed by atoms with E-state index >= 15 is 0 Å². The SMILES string of the molecule is O=CC#CCC1CC2(Cl)CC1(Cl)C(Cl)=C2Cl. The summed E-state index contributed by atoms with van der Waals surface area (Å²) >= 11 is 25.0. The van der Waals surface area contributed by atoms with Crippen LogP contribution in [0, 0.1) is 17.8 Å². The number of halogens is 4. The van der Waals surface area contributed by atoms with Crippen LogP contribution in [0.3, 0.4) is 0 Å². The van der Waals surface area contributed by atoms with Crippen LogP contribution in [0.4, 0.5) is 0 Å². The van der Waals surface area contributed by atoms with Gasteiger partial charge in [0, 0.05) is 6.42 Å². The van der Waals surface area contributed by atoms with Crippen LogP contribution in [0.15, 0.2) is 10.1 Å². The minimum Gasteiger partial charge on any atom is -0.289 e. The summed E-state index contributed by atoms with van der Waals surface area (Å²) in [6, 6.07) is 0. The van der Waals surface area contributed by atoms with E-state index in [0.29, 0.717) is 35.6 Å². The summed E-state index contributed by atoms with van der Waals surface area (Å²) in [5, 5.41) is 0.903. The molecule has 0 heterocycles. The molecule has 16 heavy (non-hydrogen) atoms. The highest BCUT2D eigenvalue weighted by molar-refractivity contribution is 6.50. The van der Waals surface area contributed by atoms with Crippen molar-refractivity contribution in [1.29, 1.82) is 0 Å². The van der Waals surface area contributed by atoms with E-state index in [0.717, 1.165) is 0 Å². The summed E-state index contributed by atoms with van der Waals surface area (Å²) in [5.41, 5.74) is 0. The van der Waals surface area contributed by atoms with Crippen molar-refractivity contribution in [1.82, 2.24) is 0 Å². The van der Waals surface area contributed by atoms with Crippen molar-refractivity contribution in [2.75, 3.05) is 0 Å². The van der Waals surface area contributed by atoms with Crippen LogP contribution < -0.4 is 0 Å². The highest BCUT2D eigenvalue weighted by Crippen LogP contribution is 2.65. The molecule has 0 aromatic carbocycles. The molecular weight excluding hydrogens is 290 g/mol. The zero-order valence-corrected chi connectivity index (χ0v) is 11.2. The van der Waals surface area contributed by atoms with E-state index in [1.165, 1.54) is 0 Å². The molecule has 86 valence electrons. The molecule has 2 bridgehead atoms. The molecule has 5 heteroatoms. The van der Waals surface area contributed by atoms with Gasteiger partial charge in [0.05, 0.1) is 19.8 Å². The van der Waals surface area contributed by atoms with Crippen molar-refractivity contribution >= 4 is 52.7 Å². The van der Waals surface area contributed by atoms with Gasteiger partial charge in [0.2, 0.25) is 0 Å². The molecule has 1 nitrogen and oxygen atoms in total. The summed E-state index contributed by atoms with van der Waals surface area (Å²) in [6.07, 6.45) is 2.26. The Hall–Kier alpha value is 0.130. The average molecular weight is 298 g/mol. The molecular formula is C11H8Cl4O. The summed E-state index contributed by atoms with van der Waals surface area (Å²) in [6.45, 7) is 0. The maximum atomic E-state index is 10.1. The Bertz CT molecular complexity index is 433. The minimum absolute atomic E-state index is 0.0501. The summed E-state index contributed by atoms with van der Waals surface area (Å²) in [4.78, 5) is 8.78. The topological polar surface area (TPSA) is 17.1 Å². The van der Waals surface area contributed by atoms with E-state index in [1.807, 2.05) is 0 Å². The number of hydrogen-bond donors (Lipinski definition) is 0. The molecule has 0 amide bonds. The Labute approximate surface area is 114 Å². The zero-order valence-electron chi connectivity index (χ0n) is 8.20. The number of carbonyl (C=O) groups excluding carboxylic acids is 1. The maximum Gasteiger partial charge on any atom is 0.192 e. The van der Waals surface area contributed by atoms with Crippen molar-refractivity contribution in [3.63, 3.8) is 0 Å². The Balaban J connectivity index is 2.26. The van der Waals surface area contributed by atoms with E-state index in [1.54, 1.807) is 0 Å². The lowest BCUT2D eigenvalue weighted by atomic mass is 9.89. The third-order valence-corrected chi connectivity index (χ3v) is 5.69. The summed E-state index contributed by atoms with van der Waals surface area (Å²) in [5.74, 6) is 5.17. The van der Waals surface area contributed by atoms with Gasteiger partial charge in [-0.3, -0.25) is 4.79 Å². The van der Waals surface area contributed by atoms with E-state index in [9.17, 15) is 4.79 Å². The van der Waals surface area contributed by atoms with Gasteiger partial charge in [-0.2, -0.15) is 0 Å². The third kappa shape index (κ3) is 1.68. The first-order valence-corrected chi connectivity index (χ1v) is 6.31. The molecule has 0 aromatic rings. The van der Waals surface area contributed by atoms with Crippen LogP contribution >= 0.6 is 46.4 Å². The van der Waals surface area contributed by atoms with Gasteiger partial charge in [-0.1, -0.05) is 29.1 Å². The maximum absolute atomic E-state index is 10.1. The van der Waals surface area contributed by atoms with Gasteiger partial charge >= 0.3 is 0 Å². The fourth-order valence-corrected chi connectivity index (χ4v) is 4.29. The van der Waals surface area contributed by atoms with Crippen LogP contribution in [-0.4, -0.2) is 16.0 Å². The standard InChI is InChI=1S/C11H8Cl4O/c12-8-9(13)11(15)6-10(8,14)5-7(11)3-1-2-4-16/h4,7H,3,5-6H2. The van der Waals surface area contributed by atoms with Gasteiger partial charge < -0.3 is 0 Å². The Morgan fingerprint density at radius 1 is 1.38 bits per heavy atom. The number of alkyl halides is 2. The van der Waals surface area contributed by atoms with Crippen LogP contribution in [0.1, 0.15) is 19.3 Å². The van der Waals surface area contributed by atoms with Crippen LogP contribution in [0.25, 0.3) is 0 Å². The van der Waals surface area contributed by atoms with E-state index in [-0.39, 0.29) is 5.92 Å². The molecule has 0 aliphatic heterocycles. The molecule has 2 rings (SSSR count). The Morgan fingerprint density at radius 2 is 2.06 bits per heavy atom. The zero-order chi connectivity index (χ0) is 12.0. The second-order valence-electron chi connectivity index (χ2n) is 4.18. The van der Waals surface area contributed by atoms with Gasteiger partial charge in [-0.25, -0.2) is 0 Å². The minimum atomic E-state index is -0.696. The average Bonchev–Trinajstić information content (AvgIpc) is 2.58. The molecule has 0 spiro atoms. The molecule has 0 aromatic heterocycles. The van der Waals surface area contributed by atoms with Gasteiger partial charge in [-0.15, -0.1) is 23.2 Å². The fraction of sp³-hybridized carbons (Fsp3) is 0.545. The number of hydrogen-bond acceptors (Lipinski definition) is 1. The van der Waals surface area contributed by atoms with Gasteiger partial charge in [0.1, 0.15) is 0 Å².